The molecule has 0 heterocycles. The Morgan fingerprint density at radius 1 is 1.00 bits per heavy atom. The third-order valence-corrected chi connectivity index (χ3v) is 7.26. The van der Waals surface area contributed by atoms with Crippen LogP contribution in [-0.2, 0) is 34.0 Å². The van der Waals surface area contributed by atoms with Crippen molar-refractivity contribution in [1.29, 1.82) is 0 Å². The molecule has 0 saturated carbocycles. The van der Waals surface area contributed by atoms with Gasteiger partial charge in [-0.1, -0.05) is 12.1 Å². The van der Waals surface area contributed by atoms with Gasteiger partial charge in [-0.25, -0.2) is 0 Å². The molecule has 8 heteroatoms. The largest absolute Gasteiger partial charge is 0.500 e. The monoisotopic (exact) mass is 334 g/mol. The van der Waals surface area contributed by atoms with Crippen LogP contribution >= 0.6 is 0 Å². The molecule has 0 aromatic heterocycles. The molecule has 21 heavy (non-hydrogen) atoms. The highest BCUT2D eigenvalue weighted by Gasteiger charge is 2.37. The lowest BCUT2D eigenvalue weighted by molar-refractivity contribution is 0.123. The molecule has 0 spiro atoms. The molecule has 1 rings (SSSR count). The van der Waals surface area contributed by atoms with Crippen molar-refractivity contribution in [3.05, 3.63) is 29.8 Å². The van der Waals surface area contributed by atoms with E-state index in [1.54, 1.807) is 40.4 Å². The molecule has 0 saturated heterocycles. The maximum atomic E-state index is 11.7. The summed E-state index contributed by atoms with van der Waals surface area (Å²) in [6.45, 7) is 1.75. The van der Waals surface area contributed by atoms with E-state index in [1.165, 1.54) is 12.1 Å². The molecule has 0 unspecified atom stereocenters. The Balaban J connectivity index is 2.76. The summed E-state index contributed by atoms with van der Waals surface area (Å²) in [5, 5.41) is 0. The summed E-state index contributed by atoms with van der Waals surface area (Å²) in [6.07, 6.45) is 0.677. The molecule has 0 atom stereocenters. The van der Waals surface area contributed by atoms with Crippen LogP contribution in [0, 0.1) is 0 Å². The number of benzene rings is 1. The van der Waals surface area contributed by atoms with E-state index in [1.807, 2.05) is 0 Å². The Hall–Kier alpha value is -0.773. The highest BCUT2D eigenvalue weighted by Crippen LogP contribution is 2.19. The van der Waals surface area contributed by atoms with Crippen molar-refractivity contribution in [1.82, 2.24) is 0 Å². The number of aryl methyl sites for hydroxylation is 1. The highest BCUT2D eigenvalue weighted by atomic mass is 32.2. The second-order valence-electron chi connectivity index (χ2n) is 4.30. The van der Waals surface area contributed by atoms with Gasteiger partial charge in [-0.15, -0.1) is 0 Å². The SMILES string of the molecule is CCOS(=O)(=O)c1ccc(CC[Si](OC)(OC)OC)cc1. The van der Waals surface area contributed by atoms with Crippen LogP contribution in [0.5, 0.6) is 0 Å². The summed E-state index contributed by atoms with van der Waals surface area (Å²) < 4.78 is 44.2. The first kappa shape index (κ1) is 18.3. The van der Waals surface area contributed by atoms with Crippen molar-refractivity contribution >= 4 is 18.9 Å². The first-order valence-electron chi connectivity index (χ1n) is 6.57. The van der Waals surface area contributed by atoms with E-state index in [9.17, 15) is 8.42 Å². The van der Waals surface area contributed by atoms with Gasteiger partial charge in [0.05, 0.1) is 11.5 Å². The molecular weight excluding hydrogens is 312 g/mol. The highest BCUT2D eigenvalue weighted by molar-refractivity contribution is 7.86. The van der Waals surface area contributed by atoms with Gasteiger partial charge in [0, 0.05) is 27.4 Å². The third kappa shape index (κ3) is 4.87. The Morgan fingerprint density at radius 3 is 1.95 bits per heavy atom. The van der Waals surface area contributed by atoms with Gasteiger partial charge in [0.15, 0.2) is 0 Å². The van der Waals surface area contributed by atoms with Crippen LogP contribution < -0.4 is 0 Å². The van der Waals surface area contributed by atoms with E-state index < -0.39 is 18.9 Å². The molecule has 0 amide bonds. The quantitative estimate of drug-likeness (QED) is 0.507. The van der Waals surface area contributed by atoms with Crippen LogP contribution in [0.4, 0.5) is 0 Å². The minimum Gasteiger partial charge on any atom is -0.377 e. The predicted molar refractivity (Wildman–Crippen MR) is 80.5 cm³/mol. The molecule has 120 valence electrons. The Labute approximate surface area is 127 Å². The molecule has 1 aromatic carbocycles. The van der Waals surface area contributed by atoms with Crippen molar-refractivity contribution < 1.29 is 25.9 Å². The minimum atomic E-state index is -3.65. The summed E-state index contributed by atoms with van der Waals surface area (Å²) in [5.41, 5.74) is 0.980. The van der Waals surface area contributed by atoms with Crippen molar-refractivity contribution in [3.8, 4) is 0 Å². The molecule has 0 aliphatic rings. The Morgan fingerprint density at radius 2 is 1.52 bits per heavy atom. The lowest BCUT2D eigenvalue weighted by Gasteiger charge is -2.24. The van der Waals surface area contributed by atoms with Crippen molar-refractivity contribution in [2.24, 2.45) is 0 Å². The van der Waals surface area contributed by atoms with Gasteiger partial charge in [-0.05, 0) is 31.0 Å². The molecule has 6 nitrogen and oxygen atoms in total. The van der Waals surface area contributed by atoms with Gasteiger partial charge in [0.1, 0.15) is 0 Å². The zero-order valence-electron chi connectivity index (χ0n) is 12.8. The van der Waals surface area contributed by atoms with Gasteiger partial charge in [0.2, 0.25) is 0 Å². The fourth-order valence-corrected chi connectivity index (χ4v) is 4.52. The normalized spacial score (nSPS) is 12.6. The first-order chi connectivity index (χ1) is 9.93. The molecular formula is C13H22O6SSi. The number of hydrogen-bond donors (Lipinski definition) is 0. The van der Waals surface area contributed by atoms with Crippen LogP contribution in [0.15, 0.2) is 29.2 Å². The van der Waals surface area contributed by atoms with E-state index in [0.29, 0.717) is 12.5 Å². The maximum Gasteiger partial charge on any atom is 0.500 e. The molecule has 0 fully saturated rings. The third-order valence-electron chi connectivity index (χ3n) is 3.14. The Kier molecular flexibility index (Phi) is 6.98. The standard InChI is InChI=1S/C13H22O6SSi/c1-5-19-20(14,15)13-8-6-12(7-9-13)10-11-21(16-2,17-3)18-4/h6-9H,5,10-11H2,1-4H3. The topological polar surface area (TPSA) is 71.1 Å². The van der Waals surface area contributed by atoms with Gasteiger partial charge >= 0.3 is 8.80 Å². The summed E-state index contributed by atoms with van der Waals surface area (Å²) in [4.78, 5) is 0.154. The smallest absolute Gasteiger partial charge is 0.377 e. The summed E-state index contributed by atoms with van der Waals surface area (Å²) in [7, 11) is -1.56. The van der Waals surface area contributed by atoms with Crippen LogP contribution in [0.25, 0.3) is 0 Å². The van der Waals surface area contributed by atoms with E-state index in [2.05, 4.69) is 0 Å². The average molecular weight is 334 g/mol. The van der Waals surface area contributed by atoms with Crippen molar-refractivity contribution in [2.75, 3.05) is 27.9 Å². The van der Waals surface area contributed by atoms with Crippen molar-refractivity contribution in [2.45, 2.75) is 24.3 Å². The van der Waals surface area contributed by atoms with Crippen LogP contribution in [0.1, 0.15) is 12.5 Å². The fourth-order valence-electron chi connectivity index (χ4n) is 1.90. The summed E-state index contributed by atoms with van der Waals surface area (Å²) >= 11 is 0. The van der Waals surface area contributed by atoms with Crippen molar-refractivity contribution in [3.63, 3.8) is 0 Å². The molecule has 0 bridgehead atoms. The first-order valence-corrected chi connectivity index (χ1v) is 9.91. The van der Waals surface area contributed by atoms with Crippen LogP contribution in [0.2, 0.25) is 6.04 Å². The summed E-state index contributed by atoms with van der Waals surface area (Å²) in [5.74, 6) is 0. The van der Waals surface area contributed by atoms with Crippen LogP contribution in [-0.4, -0.2) is 45.2 Å². The van der Waals surface area contributed by atoms with Gasteiger partial charge < -0.3 is 13.3 Å². The Bertz CT molecular complexity index is 516. The van der Waals surface area contributed by atoms with Gasteiger partial charge in [-0.2, -0.15) is 8.42 Å². The second-order valence-corrected chi connectivity index (χ2v) is 9.01. The minimum absolute atomic E-state index is 0.119. The average Bonchev–Trinajstić information content (AvgIpc) is 2.50. The lowest BCUT2D eigenvalue weighted by Crippen LogP contribution is -2.43. The molecule has 0 aliphatic heterocycles. The molecule has 0 aliphatic carbocycles. The summed E-state index contributed by atoms with van der Waals surface area (Å²) in [6, 6.07) is 7.21. The van der Waals surface area contributed by atoms with E-state index in [4.69, 9.17) is 17.5 Å². The van der Waals surface area contributed by atoms with E-state index in [-0.39, 0.29) is 11.5 Å². The number of rotatable bonds is 9. The predicted octanol–water partition coefficient (Wildman–Crippen LogP) is 1.83. The van der Waals surface area contributed by atoms with E-state index in [0.717, 1.165) is 5.56 Å². The van der Waals surface area contributed by atoms with Gasteiger partial charge in [-0.3, -0.25) is 4.18 Å². The molecule has 0 N–H and O–H groups in total. The lowest BCUT2D eigenvalue weighted by atomic mass is 10.2. The maximum absolute atomic E-state index is 11.7. The van der Waals surface area contributed by atoms with E-state index >= 15 is 0 Å². The zero-order chi connectivity index (χ0) is 15.9. The second kappa shape index (κ2) is 8.02. The fraction of sp³-hybridized carbons (Fsp3) is 0.538. The zero-order valence-corrected chi connectivity index (χ0v) is 14.6. The molecule has 0 radical (unpaired) electrons. The van der Waals surface area contributed by atoms with Crippen LogP contribution in [0.3, 0.4) is 0 Å². The van der Waals surface area contributed by atoms with Gasteiger partial charge in [0.25, 0.3) is 10.1 Å². The number of hydrogen-bond acceptors (Lipinski definition) is 6. The molecule has 1 aromatic rings.